The maximum absolute atomic E-state index is 13.1. The third-order valence-electron chi connectivity index (χ3n) is 2.96. The van der Waals surface area contributed by atoms with Crippen molar-refractivity contribution < 1.29 is 13.9 Å². The van der Waals surface area contributed by atoms with Crippen molar-refractivity contribution in [2.45, 2.75) is 6.54 Å². The van der Waals surface area contributed by atoms with E-state index in [-0.39, 0.29) is 22.5 Å². The molecule has 1 heterocycles. The first-order chi connectivity index (χ1) is 10.1. The van der Waals surface area contributed by atoms with Gasteiger partial charge in [-0.25, -0.2) is 9.02 Å². The predicted octanol–water partition coefficient (Wildman–Crippen LogP) is 2.88. The standard InChI is InChI=1S/C13H9FN4O3/c14-9-3-1-2-8(6-9)7-15-10-4-5-11(18(19)20)13-12(10)16-21-17-13/h1-6,15H,7H2. The van der Waals surface area contributed by atoms with Crippen LogP contribution in [0.2, 0.25) is 0 Å². The quantitative estimate of drug-likeness (QED) is 0.586. The van der Waals surface area contributed by atoms with E-state index >= 15 is 0 Å². The third-order valence-corrected chi connectivity index (χ3v) is 2.96. The Kier molecular flexibility index (Phi) is 3.19. The zero-order valence-corrected chi connectivity index (χ0v) is 10.6. The fourth-order valence-corrected chi connectivity index (χ4v) is 1.99. The number of nitro benzene ring substituents is 1. The molecule has 0 aliphatic heterocycles. The predicted molar refractivity (Wildman–Crippen MR) is 72.2 cm³/mol. The number of anilines is 1. The van der Waals surface area contributed by atoms with Crippen LogP contribution in [-0.4, -0.2) is 15.2 Å². The van der Waals surface area contributed by atoms with E-state index in [9.17, 15) is 14.5 Å². The van der Waals surface area contributed by atoms with Crippen LogP contribution >= 0.6 is 0 Å². The van der Waals surface area contributed by atoms with Crippen LogP contribution in [0.5, 0.6) is 0 Å². The second-order valence-corrected chi connectivity index (χ2v) is 4.33. The van der Waals surface area contributed by atoms with E-state index in [4.69, 9.17) is 0 Å². The summed E-state index contributed by atoms with van der Waals surface area (Å²) in [4.78, 5) is 10.3. The number of hydrogen-bond donors (Lipinski definition) is 1. The molecule has 1 N–H and O–H groups in total. The highest BCUT2D eigenvalue weighted by atomic mass is 19.1. The molecule has 3 aromatic rings. The average molecular weight is 288 g/mol. The Hall–Kier alpha value is -3.03. The number of nitrogens with zero attached hydrogens (tertiary/aromatic N) is 3. The van der Waals surface area contributed by atoms with Gasteiger partial charge in [-0.2, -0.15) is 0 Å². The Labute approximate surface area is 117 Å². The normalized spacial score (nSPS) is 10.7. The van der Waals surface area contributed by atoms with Gasteiger partial charge in [0.1, 0.15) is 5.82 Å². The lowest BCUT2D eigenvalue weighted by molar-refractivity contribution is -0.383. The van der Waals surface area contributed by atoms with Crippen LogP contribution in [0.3, 0.4) is 0 Å². The van der Waals surface area contributed by atoms with Crippen molar-refractivity contribution in [1.29, 1.82) is 0 Å². The minimum Gasteiger partial charge on any atom is -0.379 e. The van der Waals surface area contributed by atoms with Gasteiger partial charge in [0.05, 0.1) is 10.6 Å². The molecule has 106 valence electrons. The second-order valence-electron chi connectivity index (χ2n) is 4.33. The Morgan fingerprint density at radius 1 is 1.24 bits per heavy atom. The van der Waals surface area contributed by atoms with E-state index in [1.54, 1.807) is 12.1 Å². The molecular weight excluding hydrogens is 279 g/mol. The van der Waals surface area contributed by atoms with Crippen LogP contribution in [0.15, 0.2) is 41.0 Å². The van der Waals surface area contributed by atoms with Crippen LogP contribution in [0.1, 0.15) is 5.56 Å². The number of halogens is 1. The van der Waals surface area contributed by atoms with Gasteiger partial charge in [-0.3, -0.25) is 10.1 Å². The molecule has 3 rings (SSSR count). The smallest absolute Gasteiger partial charge is 0.300 e. The average Bonchev–Trinajstić information content (AvgIpc) is 2.94. The van der Waals surface area contributed by atoms with Gasteiger partial charge in [0.2, 0.25) is 5.52 Å². The van der Waals surface area contributed by atoms with Crippen LogP contribution in [0, 0.1) is 15.9 Å². The fourth-order valence-electron chi connectivity index (χ4n) is 1.99. The molecule has 0 radical (unpaired) electrons. The maximum Gasteiger partial charge on any atom is 0.300 e. The molecule has 1 aromatic heterocycles. The molecule has 0 bridgehead atoms. The summed E-state index contributed by atoms with van der Waals surface area (Å²) in [6.07, 6.45) is 0. The monoisotopic (exact) mass is 288 g/mol. The fraction of sp³-hybridized carbons (Fsp3) is 0.0769. The molecule has 0 atom stereocenters. The summed E-state index contributed by atoms with van der Waals surface area (Å²) >= 11 is 0. The van der Waals surface area contributed by atoms with Crippen molar-refractivity contribution >= 4 is 22.4 Å². The number of non-ortho nitro benzene ring substituents is 1. The van der Waals surface area contributed by atoms with Crippen molar-refractivity contribution in [1.82, 2.24) is 10.3 Å². The molecule has 0 unspecified atom stereocenters. The number of rotatable bonds is 4. The van der Waals surface area contributed by atoms with E-state index < -0.39 is 4.92 Å². The maximum atomic E-state index is 13.1. The molecule has 0 aliphatic rings. The van der Waals surface area contributed by atoms with E-state index in [0.717, 1.165) is 5.56 Å². The van der Waals surface area contributed by atoms with E-state index in [1.807, 2.05) is 0 Å². The molecule has 8 heteroatoms. The van der Waals surface area contributed by atoms with Gasteiger partial charge in [0.15, 0.2) is 5.52 Å². The van der Waals surface area contributed by atoms with Crippen molar-refractivity contribution in [3.05, 3.63) is 57.9 Å². The number of aromatic nitrogens is 2. The summed E-state index contributed by atoms with van der Waals surface area (Å²) in [5, 5.41) is 21.1. The highest BCUT2D eigenvalue weighted by molar-refractivity contribution is 5.93. The van der Waals surface area contributed by atoms with Gasteiger partial charge < -0.3 is 5.32 Å². The topological polar surface area (TPSA) is 94.1 Å². The molecule has 0 amide bonds. The molecule has 0 saturated carbocycles. The van der Waals surface area contributed by atoms with Crippen LogP contribution in [0.4, 0.5) is 15.8 Å². The summed E-state index contributed by atoms with van der Waals surface area (Å²) in [5.74, 6) is -0.328. The summed E-state index contributed by atoms with van der Waals surface area (Å²) in [6.45, 7) is 0.345. The molecule has 7 nitrogen and oxygen atoms in total. The van der Waals surface area contributed by atoms with Crippen molar-refractivity contribution in [3.8, 4) is 0 Å². The molecule has 0 spiro atoms. The lowest BCUT2D eigenvalue weighted by Crippen LogP contribution is -2.01. The number of hydrogen-bond acceptors (Lipinski definition) is 6. The van der Waals surface area contributed by atoms with Gasteiger partial charge in [-0.05, 0) is 34.1 Å². The summed E-state index contributed by atoms with van der Waals surface area (Å²) in [5.41, 5.74) is 1.42. The molecule has 2 aromatic carbocycles. The van der Waals surface area contributed by atoms with Gasteiger partial charge >= 0.3 is 5.69 Å². The molecule has 21 heavy (non-hydrogen) atoms. The van der Waals surface area contributed by atoms with Gasteiger partial charge in [-0.1, -0.05) is 12.1 Å². The zero-order valence-electron chi connectivity index (χ0n) is 10.6. The Bertz CT molecular complexity index is 818. The minimum atomic E-state index is -0.553. The largest absolute Gasteiger partial charge is 0.379 e. The highest BCUT2D eigenvalue weighted by Crippen LogP contribution is 2.28. The highest BCUT2D eigenvalue weighted by Gasteiger charge is 2.19. The summed E-state index contributed by atoms with van der Waals surface area (Å²) in [7, 11) is 0. The van der Waals surface area contributed by atoms with Crippen LogP contribution < -0.4 is 5.32 Å². The zero-order chi connectivity index (χ0) is 14.8. The van der Waals surface area contributed by atoms with E-state index in [0.29, 0.717) is 12.2 Å². The summed E-state index contributed by atoms with van der Waals surface area (Å²) in [6, 6.07) is 8.96. The Balaban J connectivity index is 1.90. The molecule has 0 fully saturated rings. The lowest BCUT2D eigenvalue weighted by atomic mass is 10.2. The van der Waals surface area contributed by atoms with E-state index in [2.05, 4.69) is 20.3 Å². The molecule has 0 saturated heterocycles. The first-order valence-electron chi connectivity index (χ1n) is 6.03. The Morgan fingerprint density at radius 2 is 2.05 bits per heavy atom. The Morgan fingerprint density at radius 3 is 2.81 bits per heavy atom. The van der Waals surface area contributed by atoms with Gasteiger partial charge in [-0.15, -0.1) is 0 Å². The van der Waals surface area contributed by atoms with Crippen LogP contribution in [0.25, 0.3) is 11.0 Å². The molecule has 0 aliphatic carbocycles. The van der Waals surface area contributed by atoms with Gasteiger partial charge in [0, 0.05) is 12.6 Å². The third kappa shape index (κ3) is 2.50. The van der Waals surface area contributed by atoms with Crippen molar-refractivity contribution in [2.24, 2.45) is 0 Å². The lowest BCUT2D eigenvalue weighted by Gasteiger charge is -2.06. The first kappa shape index (κ1) is 13.0. The minimum absolute atomic E-state index is 0.0734. The van der Waals surface area contributed by atoms with Crippen molar-refractivity contribution in [2.75, 3.05) is 5.32 Å². The number of fused-ring (bicyclic) bond motifs is 1. The SMILES string of the molecule is O=[N+]([O-])c1ccc(NCc2cccc(F)c2)c2nonc12. The number of nitrogens with one attached hydrogen (secondary N) is 1. The first-order valence-corrected chi connectivity index (χ1v) is 6.03. The van der Waals surface area contributed by atoms with Crippen LogP contribution in [-0.2, 0) is 6.54 Å². The second kappa shape index (κ2) is 5.16. The van der Waals surface area contributed by atoms with E-state index in [1.165, 1.54) is 24.3 Å². The number of nitro groups is 1. The number of benzene rings is 2. The van der Waals surface area contributed by atoms with Gasteiger partial charge in [0.25, 0.3) is 0 Å². The summed E-state index contributed by atoms with van der Waals surface area (Å²) < 4.78 is 17.7. The van der Waals surface area contributed by atoms with Crippen molar-refractivity contribution in [3.63, 3.8) is 0 Å². The molecular formula is C13H9FN4O3.